The zero-order valence-electron chi connectivity index (χ0n) is 14.6. The minimum absolute atomic E-state index is 0.0572. The Labute approximate surface area is 143 Å². The molecule has 0 saturated heterocycles. The number of carboxylic acids is 1. The van der Waals surface area contributed by atoms with Crippen molar-refractivity contribution in [3.63, 3.8) is 0 Å². The van der Waals surface area contributed by atoms with Crippen LogP contribution >= 0.6 is 0 Å². The van der Waals surface area contributed by atoms with Crippen LogP contribution < -0.4 is 0 Å². The van der Waals surface area contributed by atoms with Crippen molar-refractivity contribution in [1.82, 2.24) is 0 Å². The van der Waals surface area contributed by atoms with Crippen LogP contribution in [0.5, 0.6) is 0 Å². The molecule has 6 nitrogen and oxygen atoms in total. The van der Waals surface area contributed by atoms with Crippen molar-refractivity contribution in [3.05, 3.63) is 37.1 Å². The van der Waals surface area contributed by atoms with Crippen LogP contribution in [0.3, 0.4) is 0 Å². The first-order valence-corrected chi connectivity index (χ1v) is 7.93. The molecule has 0 saturated carbocycles. The molecule has 0 bridgehead atoms. The number of hydrogen-bond acceptors (Lipinski definition) is 5. The highest BCUT2D eigenvalue weighted by Crippen LogP contribution is 2.03. The molecule has 0 aliphatic carbocycles. The third kappa shape index (κ3) is 17.7. The van der Waals surface area contributed by atoms with Crippen molar-refractivity contribution < 1.29 is 29.0 Å². The number of hydrogen-bond donors (Lipinski definition) is 1. The van der Waals surface area contributed by atoms with Crippen molar-refractivity contribution in [1.29, 1.82) is 0 Å². The summed E-state index contributed by atoms with van der Waals surface area (Å²) in [4.78, 5) is 31.5. The topological polar surface area (TPSA) is 89.9 Å². The zero-order chi connectivity index (χ0) is 18.8. The molecule has 1 N–H and O–H groups in total. The number of rotatable bonds is 11. The number of unbranched alkanes of at least 4 members (excludes halogenated alkanes) is 3. The van der Waals surface area contributed by atoms with Gasteiger partial charge < -0.3 is 14.6 Å². The summed E-state index contributed by atoms with van der Waals surface area (Å²) in [5.41, 5.74) is 0.565. The van der Waals surface area contributed by atoms with Crippen LogP contribution in [0.25, 0.3) is 0 Å². The van der Waals surface area contributed by atoms with E-state index in [9.17, 15) is 14.4 Å². The number of aliphatic carboxylic acids is 1. The Morgan fingerprint density at radius 1 is 1.12 bits per heavy atom. The van der Waals surface area contributed by atoms with Gasteiger partial charge in [-0.3, -0.25) is 4.79 Å². The summed E-state index contributed by atoms with van der Waals surface area (Å²) in [5, 5.41) is 8.10. The lowest BCUT2D eigenvalue weighted by Crippen LogP contribution is -2.07. The largest absolute Gasteiger partial charge is 0.478 e. The number of carboxylic acid groups (broad SMARTS) is 1. The van der Waals surface area contributed by atoms with Crippen molar-refractivity contribution >= 4 is 17.9 Å². The Balaban J connectivity index is 0. The van der Waals surface area contributed by atoms with E-state index in [0.29, 0.717) is 18.6 Å². The van der Waals surface area contributed by atoms with Crippen molar-refractivity contribution in [2.24, 2.45) is 0 Å². The van der Waals surface area contributed by atoms with Crippen LogP contribution in [0.1, 0.15) is 52.4 Å². The van der Waals surface area contributed by atoms with Crippen LogP contribution in [-0.4, -0.2) is 29.6 Å². The van der Waals surface area contributed by atoms with Gasteiger partial charge in [-0.05, 0) is 12.8 Å². The molecule has 0 heterocycles. The Morgan fingerprint density at radius 2 is 1.79 bits per heavy atom. The molecule has 0 amide bonds. The fourth-order valence-electron chi connectivity index (χ4n) is 1.34. The van der Waals surface area contributed by atoms with Crippen molar-refractivity contribution in [2.45, 2.75) is 52.4 Å². The second kappa shape index (κ2) is 17.0. The first kappa shape index (κ1) is 23.9. The second-order valence-corrected chi connectivity index (χ2v) is 4.75. The minimum atomic E-state index is -1.09. The Bertz CT molecular complexity index is 437. The standard InChI is InChI=1S/C11H20O2.C7H8O4/c1-4-6-7-8-9-13-11(12)10(3)5-2;1-2-11-7(10)5-3-4-6(8)9/h3-9H2,1-2H3;2-4H,1,5H2,(H,8,9). The van der Waals surface area contributed by atoms with Crippen LogP contribution in [-0.2, 0) is 23.9 Å². The maximum Gasteiger partial charge on any atom is 0.333 e. The van der Waals surface area contributed by atoms with Crippen molar-refractivity contribution in [2.75, 3.05) is 6.61 Å². The SMILES string of the molecule is C=C(CC)C(=O)OCCCCCC.C=COC(=O)CC=CC(=O)O. The summed E-state index contributed by atoms with van der Waals surface area (Å²) >= 11 is 0. The highest BCUT2D eigenvalue weighted by Gasteiger charge is 2.04. The summed E-state index contributed by atoms with van der Waals surface area (Å²) in [6.07, 6.45) is 8.22. The smallest absolute Gasteiger partial charge is 0.333 e. The molecule has 0 aromatic rings. The number of carbonyl (C=O) groups excluding carboxylic acids is 2. The van der Waals surface area contributed by atoms with E-state index in [-0.39, 0.29) is 12.4 Å². The molecule has 0 rings (SSSR count). The molecule has 0 aromatic heterocycles. The fraction of sp³-hybridized carbons (Fsp3) is 0.500. The molecule has 136 valence electrons. The van der Waals surface area contributed by atoms with Gasteiger partial charge in [0.2, 0.25) is 0 Å². The maximum atomic E-state index is 11.1. The van der Waals surface area contributed by atoms with Gasteiger partial charge in [0.15, 0.2) is 0 Å². The van der Waals surface area contributed by atoms with Crippen LogP contribution in [0.4, 0.5) is 0 Å². The van der Waals surface area contributed by atoms with E-state index in [1.54, 1.807) is 0 Å². The molecule has 0 aromatic carbocycles. The van der Waals surface area contributed by atoms with E-state index in [0.717, 1.165) is 25.2 Å². The molecule has 24 heavy (non-hydrogen) atoms. The lowest BCUT2D eigenvalue weighted by Gasteiger charge is -2.04. The van der Waals surface area contributed by atoms with E-state index >= 15 is 0 Å². The first-order chi connectivity index (χ1) is 11.4. The molecular formula is C18H28O6. The Hall–Kier alpha value is -2.37. The van der Waals surface area contributed by atoms with E-state index in [4.69, 9.17) is 9.84 Å². The molecule has 6 heteroatoms. The lowest BCUT2D eigenvalue weighted by molar-refractivity contribution is -0.139. The van der Waals surface area contributed by atoms with Gasteiger partial charge in [0.05, 0.1) is 19.3 Å². The van der Waals surface area contributed by atoms with Crippen LogP contribution in [0, 0.1) is 0 Å². The normalized spacial score (nSPS) is 9.58. The molecule has 0 radical (unpaired) electrons. The van der Waals surface area contributed by atoms with Crippen molar-refractivity contribution in [3.8, 4) is 0 Å². The summed E-state index contributed by atoms with van der Waals surface area (Å²) in [7, 11) is 0. The predicted molar refractivity (Wildman–Crippen MR) is 92.2 cm³/mol. The van der Waals surface area contributed by atoms with E-state index in [1.165, 1.54) is 18.9 Å². The lowest BCUT2D eigenvalue weighted by atomic mass is 10.2. The molecule has 0 aliphatic rings. The third-order valence-electron chi connectivity index (χ3n) is 2.71. The summed E-state index contributed by atoms with van der Waals surface area (Å²) in [5.74, 6) is -1.85. The average Bonchev–Trinajstić information content (AvgIpc) is 2.54. The molecule has 0 atom stereocenters. The number of ether oxygens (including phenoxy) is 2. The number of carbonyl (C=O) groups is 3. The first-order valence-electron chi connectivity index (χ1n) is 7.93. The number of esters is 2. The molecule has 0 aliphatic heterocycles. The molecule has 0 unspecified atom stereocenters. The van der Waals surface area contributed by atoms with Gasteiger partial charge in [0.25, 0.3) is 0 Å². The predicted octanol–water partition coefficient (Wildman–Crippen LogP) is 3.78. The van der Waals surface area contributed by atoms with Gasteiger partial charge in [0.1, 0.15) is 0 Å². The van der Waals surface area contributed by atoms with Gasteiger partial charge in [0, 0.05) is 11.6 Å². The van der Waals surface area contributed by atoms with Crippen LogP contribution in [0.2, 0.25) is 0 Å². The minimum Gasteiger partial charge on any atom is -0.478 e. The Kier molecular flexibility index (Phi) is 16.9. The van der Waals surface area contributed by atoms with Crippen LogP contribution in [0.15, 0.2) is 37.1 Å². The summed E-state index contributed by atoms with van der Waals surface area (Å²) < 4.78 is 9.31. The second-order valence-electron chi connectivity index (χ2n) is 4.75. The molecule has 0 fully saturated rings. The summed E-state index contributed by atoms with van der Waals surface area (Å²) in [6.45, 7) is 11.4. The maximum absolute atomic E-state index is 11.1. The Morgan fingerprint density at radius 3 is 2.29 bits per heavy atom. The van der Waals surface area contributed by atoms with E-state index < -0.39 is 11.9 Å². The van der Waals surface area contributed by atoms with Gasteiger partial charge in [-0.2, -0.15) is 0 Å². The monoisotopic (exact) mass is 340 g/mol. The van der Waals surface area contributed by atoms with Gasteiger partial charge in [-0.1, -0.05) is 52.3 Å². The average molecular weight is 340 g/mol. The molecular weight excluding hydrogens is 312 g/mol. The third-order valence-corrected chi connectivity index (χ3v) is 2.71. The fourth-order valence-corrected chi connectivity index (χ4v) is 1.34. The van der Waals surface area contributed by atoms with E-state index in [2.05, 4.69) is 24.8 Å². The highest BCUT2D eigenvalue weighted by atomic mass is 16.5. The molecule has 0 spiro atoms. The van der Waals surface area contributed by atoms with Gasteiger partial charge in [-0.25, -0.2) is 9.59 Å². The van der Waals surface area contributed by atoms with E-state index in [1.807, 2.05) is 6.92 Å². The van der Waals surface area contributed by atoms with Gasteiger partial charge in [-0.15, -0.1) is 0 Å². The quantitative estimate of drug-likeness (QED) is 0.266. The van der Waals surface area contributed by atoms with Gasteiger partial charge >= 0.3 is 17.9 Å². The summed E-state index contributed by atoms with van der Waals surface area (Å²) in [6, 6.07) is 0. The highest BCUT2D eigenvalue weighted by molar-refractivity contribution is 5.87. The zero-order valence-corrected chi connectivity index (χ0v) is 14.6.